The van der Waals surface area contributed by atoms with Gasteiger partial charge in [-0.1, -0.05) is 6.92 Å². The maximum absolute atomic E-state index is 11.1. The summed E-state index contributed by atoms with van der Waals surface area (Å²) in [5.41, 5.74) is 6.15. The lowest BCUT2D eigenvalue weighted by Gasteiger charge is -2.37. The molecule has 17 heavy (non-hydrogen) atoms. The molecule has 5 atom stereocenters. The Kier molecular flexibility index (Phi) is 2.75. The topological polar surface area (TPSA) is 67.6 Å². The number of hydrogen-bond donors (Lipinski definition) is 2. The number of alkyl carbamates (subject to hydrolysis) is 1. The van der Waals surface area contributed by atoms with Crippen molar-refractivity contribution in [3.63, 3.8) is 0 Å². The highest BCUT2D eigenvalue weighted by Crippen LogP contribution is 2.30. The number of ether oxygens (including phenoxy) is 1. The molecule has 2 heterocycles. The Balaban J connectivity index is 1.59. The molecule has 1 amide bonds. The van der Waals surface area contributed by atoms with E-state index in [0.29, 0.717) is 18.0 Å². The zero-order valence-electron chi connectivity index (χ0n) is 10.3. The minimum atomic E-state index is -0.256. The maximum Gasteiger partial charge on any atom is 0.407 e. The van der Waals surface area contributed by atoms with Gasteiger partial charge in [0.25, 0.3) is 0 Å². The molecule has 0 aromatic rings. The normalized spacial score (nSPS) is 46.5. The summed E-state index contributed by atoms with van der Waals surface area (Å²) in [7, 11) is 0. The highest BCUT2D eigenvalue weighted by molar-refractivity contribution is 5.70. The Morgan fingerprint density at radius 1 is 1.41 bits per heavy atom. The van der Waals surface area contributed by atoms with Crippen molar-refractivity contribution in [3.05, 3.63) is 0 Å². The molecule has 3 N–H and O–H groups in total. The van der Waals surface area contributed by atoms with E-state index < -0.39 is 0 Å². The Morgan fingerprint density at radius 3 is 2.94 bits per heavy atom. The van der Waals surface area contributed by atoms with Gasteiger partial charge in [-0.2, -0.15) is 0 Å². The first-order valence-corrected chi connectivity index (χ1v) is 6.60. The zero-order valence-corrected chi connectivity index (χ0v) is 10.3. The van der Waals surface area contributed by atoms with Crippen LogP contribution in [0.3, 0.4) is 0 Å². The minimum Gasteiger partial charge on any atom is -0.443 e. The first-order chi connectivity index (χ1) is 8.13. The van der Waals surface area contributed by atoms with Gasteiger partial charge in [-0.25, -0.2) is 4.79 Å². The van der Waals surface area contributed by atoms with E-state index in [4.69, 9.17) is 10.5 Å². The number of fused-ring (bicyclic) bond motifs is 1. The molecule has 0 spiro atoms. The molecule has 5 nitrogen and oxygen atoms in total. The molecular formula is C12H21N3O2. The Hall–Kier alpha value is -0.810. The first-order valence-electron chi connectivity index (χ1n) is 6.60. The standard InChI is InChI=1S/C12H21N3O2/c1-7-2-3-8(4-9(7)13)15-5-10-11(6-15)17-12(16)14-10/h7-11H,2-6,13H2,1H3,(H,14,16)/t7?,8?,9-,10?,11?/m0/s1. The molecule has 4 unspecified atom stereocenters. The third kappa shape index (κ3) is 2.02. The number of nitrogens with zero attached hydrogens (tertiary/aromatic N) is 1. The number of carbonyl (C=O) groups is 1. The lowest BCUT2D eigenvalue weighted by atomic mass is 9.83. The summed E-state index contributed by atoms with van der Waals surface area (Å²) in [4.78, 5) is 13.5. The number of carbonyl (C=O) groups excluding carboxylic acids is 1. The molecule has 0 aromatic heterocycles. The van der Waals surface area contributed by atoms with Crippen LogP contribution < -0.4 is 11.1 Å². The molecule has 0 aromatic carbocycles. The van der Waals surface area contributed by atoms with E-state index in [9.17, 15) is 4.79 Å². The molecule has 2 saturated heterocycles. The van der Waals surface area contributed by atoms with Crippen LogP contribution in [0.2, 0.25) is 0 Å². The molecule has 3 aliphatic rings. The highest BCUT2D eigenvalue weighted by Gasteiger charge is 2.44. The average molecular weight is 239 g/mol. The molecule has 1 aliphatic carbocycles. The van der Waals surface area contributed by atoms with E-state index in [0.717, 1.165) is 19.5 Å². The van der Waals surface area contributed by atoms with Crippen LogP contribution in [0.4, 0.5) is 4.79 Å². The molecule has 5 heteroatoms. The lowest BCUT2D eigenvalue weighted by molar-refractivity contribution is 0.106. The van der Waals surface area contributed by atoms with Crippen molar-refractivity contribution in [3.8, 4) is 0 Å². The predicted molar refractivity (Wildman–Crippen MR) is 63.5 cm³/mol. The van der Waals surface area contributed by atoms with Gasteiger partial charge in [0, 0.05) is 25.2 Å². The monoisotopic (exact) mass is 239 g/mol. The van der Waals surface area contributed by atoms with Crippen molar-refractivity contribution in [1.29, 1.82) is 0 Å². The second kappa shape index (κ2) is 4.14. The fourth-order valence-electron chi connectivity index (χ4n) is 3.35. The van der Waals surface area contributed by atoms with Gasteiger partial charge in [-0.3, -0.25) is 4.90 Å². The van der Waals surface area contributed by atoms with Crippen molar-refractivity contribution in [2.24, 2.45) is 11.7 Å². The molecule has 1 saturated carbocycles. The Bertz CT molecular complexity index is 307. The van der Waals surface area contributed by atoms with E-state index in [1.165, 1.54) is 12.8 Å². The van der Waals surface area contributed by atoms with Gasteiger partial charge in [0.05, 0.1) is 6.04 Å². The van der Waals surface area contributed by atoms with Crippen LogP contribution >= 0.6 is 0 Å². The number of hydrogen-bond acceptors (Lipinski definition) is 4. The third-order valence-electron chi connectivity index (χ3n) is 4.60. The van der Waals surface area contributed by atoms with Crippen molar-refractivity contribution in [1.82, 2.24) is 10.2 Å². The number of nitrogens with one attached hydrogen (secondary N) is 1. The molecule has 2 aliphatic heterocycles. The summed E-state index contributed by atoms with van der Waals surface area (Å²) in [5.74, 6) is 0.643. The van der Waals surface area contributed by atoms with E-state index in [2.05, 4.69) is 17.1 Å². The summed E-state index contributed by atoms with van der Waals surface area (Å²) in [6.07, 6.45) is 3.31. The average Bonchev–Trinajstić information content (AvgIpc) is 2.79. The van der Waals surface area contributed by atoms with Gasteiger partial charge >= 0.3 is 6.09 Å². The Labute approximate surface area is 102 Å². The summed E-state index contributed by atoms with van der Waals surface area (Å²) in [6, 6.07) is 1.09. The van der Waals surface area contributed by atoms with Crippen LogP contribution in [0.1, 0.15) is 26.2 Å². The van der Waals surface area contributed by atoms with Crippen molar-refractivity contribution >= 4 is 6.09 Å². The van der Waals surface area contributed by atoms with Crippen LogP contribution in [-0.4, -0.2) is 48.3 Å². The smallest absolute Gasteiger partial charge is 0.407 e. The van der Waals surface area contributed by atoms with Crippen LogP contribution in [0, 0.1) is 5.92 Å². The molecule has 0 bridgehead atoms. The quantitative estimate of drug-likeness (QED) is 0.690. The minimum absolute atomic E-state index is 0.0538. The summed E-state index contributed by atoms with van der Waals surface area (Å²) in [5, 5.41) is 2.87. The Morgan fingerprint density at radius 2 is 2.24 bits per heavy atom. The van der Waals surface area contributed by atoms with Gasteiger partial charge in [-0.05, 0) is 25.2 Å². The highest BCUT2D eigenvalue weighted by atomic mass is 16.6. The molecule has 96 valence electrons. The SMILES string of the molecule is CC1CCC(N2CC3NC(=O)OC3C2)C[C@@H]1N. The van der Waals surface area contributed by atoms with E-state index in [1.807, 2.05) is 0 Å². The first kappa shape index (κ1) is 11.3. The van der Waals surface area contributed by atoms with Crippen molar-refractivity contribution in [2.75, 3.05) is 13.1 Å². The van der Waals surface area contributed by atoms with Crippen LogP contribution in [0.25, 0.3) is 0 Å². The summed E-state index contributed by atoms with van der Waals surface area (Å²) < 4.78 is 5.23. The van der Waals surface area contributed by atoms with Crippen LogP contribution in [-0.2, 0) is 4.74 Å². The number of amides is 1. The second-order valence-corrected chi connectivity index (χ2v) is 5.76. The van der Waals surface area contributed by atoms with Gasteiger partial charge < -0.3 is 15.8 Å². The summed E-state index contributed by atoms with van der Waals surface area (Å²) in [6.45, 7) is 4.03. The molecule has 3 fully saturated rings. The molecular weight excluding hydrogens is 218 g/mol. The number of rotatable bonds is 1. The van der Waals surface area contributed by atoms with Gasteiger partial charge in [-0.15, -0.1) is 0 Å². The van der Waals surface area contributed by atoms with Gasteiger partial charge in [0.15, 0.2) is 0 Å². The lowest BCUT2D eigenvalue weighted by Crippen LogP contribution is -2.46. The van der Waals surface area contributed by atoms with Gasteiger partial charge in [0.2, 0.25) is 0 Å². The van der Waals surface area contributed by atoms with Crippen molar-refractivity contribution < 1.29 is 9.53 Å². The largest absolute Gasteiger partial charge is 0.443 e. The van der Waals surface area contributed by atoms with E-state index >= 15 is 0 Å². The van der Waals surface area contributed by atoms with E-state index in [-0.39, 0.29) is 18.2 Å². The van der Waals surface area contributed by atoms with Crippen molar-refractivity contribution in [2.45, 2.75) is 50.4 Å². The van der Waals surface area contributed by atoms with Crippen LogP contribution in [0.5, 0.6) is 0 Å². The fourth-order valence-corrected chi connectivity index (χ4v) is 3.35. The number of likely N-dealkylation sites (tertiary alicyclic amines) is 1. The van der Waals surface area contributed by atoms with Gasteiger partial charge in [0.1, 0.15) is 6.10 Å². The predicted octanol–water partition coefficient (Wildman–Crippen LogP) is 0.295. The summed E-state index contributed by atoms with van der Waals surface area (Å²) >= 11 is 0. The second-order valence-electron chi connectivity index (χ2n) is 5.76. The van der Waals surface area contributed by atoms with Crippen LogP contribution in [0.15, 0.2) is 0 Å². The maximum atomic E-state index is 11.1. The third-order valence-corrected chi connectivity index (χ3v) is 4.60. The number of nitrogens with two attached hydrogens (primary N) is 1. The van der Waals surface area contributed by atoms with E-state index in [1.54, 1.807) is 0 Å². The fraction of sp³-hybridized carbons (Fsp3) is 0.917. The molecule has 0 radical (unpaired) electrons. The molecule has 3 rings (SSSR count). The zero-order chi connectivity index (χ0) is 12.0.